The highest BCUT2D eigenvalue weighted by molar-refractivity contribution is 5.99. The highest BCUT2D eigenvalue weighted by Gasteiger charge is 2.25. The van der Waals surface area contributed by atoms with Gasteiger partial charge in [0.2, 0.25) is 11.8 Å². The molecule has 0 aromatic heterocycles. The Bertz CT molecular complexity index is 875. The summed E-state index contributed by atoms with van der Waals surface area (Å²) in [6.07, 6.45) is 1.07. The number of halogens is 1. The van der Waals surface area contributed by atoms with E-state index in [4.69, 9.17) is 15.2 Å². The highest BCUT2D eigenvalue weighted by Crippen LogP contribution is 2.31. The van der Waals surface area contributed by atoms with E-state index in [9.17, 15) is 9.59 Å². The minimum absolute atomic E-state index is 0. The Balaban J connectivity index is 0.00000300. The van der Waals surface area contributed by atoms with Crippen LogP contribution < -0.4 is 20.7 Å². The summed E-state index contributed by atoms with van der Waals surface area (Å²) in [6.45, 7) is 0.765. The van der Waals surface area contributed by atoms with E-state index in [1.54, 1.807) is 12.0 Å². The number of amides is 2. The fraction of sp³-hybridized carbons (Fsp3) is 0.333. The molecule has 1 unspecified atom stereocenters. The van der Waals surface area contributed by atoms with E-state index >= 15 is 0 Å². The zero-order valence-corrected chi connectivity index (χ0v) is 17.3. The third kappa shape index (κ3) is 5.47. The van der Waals surface area contributed by atoms with Gasteiger partial charge in [0, 0.05) is 25.0 Å². The second kappa shape index (κ2) is 10.2. The molecule has 3 N–H and O–H groups in total. The van der Waals surface area contributed by atoms with Crippen LogP contribution in [0.4, 0.5) is 11.4 Å². The van der Waals surface area contributed by atoms with Gasteiger partial charge in [0.15, 0.2) is 0 Å². The maximum atomic E-state index is 12.9. The van der Waals surface area contributed by atoms with Gasteiger partial charge >= 0.3 is 0 Å². The van der Waals surface area contributed by atoms with E-state index in [0.717, 1.165) is 29.0 Å². The van der Waals surface area contributed by atoms with Crippen molar-refractivity contribution in [2.75, 3.05) is 37.6 Å². The SMILES string of the molecule is COCC(N)C(=O)Nc1ccc2c(c1)N(C(=O)Cc1cccc(OC)c1)CC2.Cl. The third-order valence-corrected chi connectivity index (χ3v) is 4.72. The first-order valence-electron chi connectivity index (χ1n) is 9.13. The summed E-state index contributed by atoms with van der Waals surface area (Å²) in [6, 6.07) is 12.3. The largest absolute Gasteiger partial charge is 0.497 e. The number of carbonyl (C=O) groups excluding carboxylic acids is 2. The molecular weight excluding hydrogens is 394 g/mol. The van der Waals surface area contributed by atoms with Gasteiger partial charge in [-0.2, -0.15) is 0 Å². The van der Waals surface area contributed by atoms with Crippen LogP contribution in [-0.4, -0.2) is 45.2 Å². The quantitative estimate of drug-likeness (QED) is 0.717. The average Bonchev–Trinajstić information content (AvgIpc) is 3.11. The molecule has 1 heterocycles. The molecule has 1 atom stereocenters. The molecule has 29 heavy (non-hydrogen) atoms. The molecule has 8 heteroatoms. The Kier molecular flexibility index (Phi) is 8.01. The number of nitrogens with two attached hydrogens (primary N) is 1. The van der Waals surface area contributed by atoms with Crippen LogP contribution in [0.3, 0.4) is 0 Å². The molecule has 2 aromatic rings. The van der Waals surface area contributed by atoms with Crippen LogP contribution in [0.1, 0.15) is 11.1 Å². The molecule has 2 aromatic carbocycles. The van der Waals surface area contributed by atoms with E-state index in [1.165, 1.54) is 7.11 Å². The smallest absolute Gasteiger partial charge is 0.243 e. The van der Waals surface area contributed by atoms with Crippen LogP contribution in [0.5, 0.6) is 5.75 Å². The normalized spacial score (nSPS) is 13.3. The van der Waals surface area contributed by atoms with Crippen molar-refractivity contribution in [1.29, 1.82) is 0 Å². The topological polar surface area (TPSA) is 93.9 Å². The first-order valence-corrected chi connectivity index (χ1v) is 9.13. The number of nitrogens with zero attached hydrogens (tertiary/aromatic N) is 1. The van der Waals surface area contributed by atoms with Crippen molar-refractivity contribution >= 4 is 35.6 Å². The van der Waals surface area contributed by atoms with Gasteiger partial charge in [0.25, 0.3) is 0 Å². The summed E-state index contributed by atoms with van der Waals surface area (Å²) in [5, 5.41) is 2.78. The van der Waals surface area contributed by atoms with Crippen LogP contribution in [0.25, 0.3) is 0 Å². The monoisotopic (exact) mass is 419 g/mol. The molecule has 0 saturated carbocycles. The summed E-state index contributed by atoms with van der Waals surface area (Å²) in [7, 11) is 3.10. The summed E-state index contributed by atoms with van der Waals surface area (Å²) in [4.78, 5) is 26.7. The molecule has 0 saturated heterocycles. The van der Waals surface area contributed by atoms with Crippen molar-refractivity contribution in [3.8, 4) is 5.75 Å². The minimum Gasteiger partial charge on any atom is -0.497 e. The lowest BCUT2D eigenvalue weighted by Gasteiger charge is -2.19. The minimum atomic E-state index is -0.746. The standard InChI is InChI=1S/C21H25N3O4.ClH/c1-27-13-18(22)21(26)23-16-7-6-15-8-9-24(19(15)12-16)20(25)11-14-4-3-5-17(10-14)28-2;/h3-7,10,12,18H,8-9,11,13,22H2,1-2H3,(H,23,26);1H. The number of benzene rings is 2. The zero-order chi connectivity index (χ0) is 20.1. The molecule has 1 aliphatic heterocycles. The lowest BCUT2D eigenvalue weighted by molar-refractivity contribution is -0.119. The first kappa shape index (κ1) is 22.7. The van der Waals surface area contributed by atoms with Crippen molar-refractivity contribution in [3.63, 3.8) is 0 Å². The molecular formula is C21H26ClN3O4. The number of nitrogens with one attached hydrogen (secondary N) is 1. The molecule has 156 valence electrons. The number of anilines is 2. The average molecular weight is 420 g/mol. The molecule has 3 rings (SSSR count). The number of rotatable bonds is 7. The Labute approximate surface area is 176 Å². The van der Waals surface area contributed by atoms with Gasteiger partial charge in [0.05, 0.1) is 20.1 Å². The van der Waals surface area contributed by atoms with Crippen molar-refractivity contribution in [2.24, 2.45) is 5.73 Å². The molecule has 2 amide bonds. The van der Waals surface area contributed by atoms with Crippen molar-refractivity contribution in [3.05, 3.63) is 53.6 Å². The van der Waals surface area contributed by atoms with Gasteiger partial charge in [-0.15, -0.1) is 12.4 Å². The molecule has 7 nitrogen and oxygen atoms in total. The predicted octanol–water partition coefficient (Wildman–Crippen LogP) is 2.16. The predicted molar refractivity (Wildman–Crippen MR) is 115 cm³/mol. The zero-order valence-electron chi connectivity index (χ0n) is 16.5. The van der Waals surface area contributed by atoms with Gasteiger partial charge in [-0.3, -0.25) is 9.59 Å². The highest BCUT2D eigenvalue weighted by atomic mass is 35.5. The Hall–Kier alpha value is -2.61. The fourth-order valence-corrected chi connectivity index (χ4v) is 3.26. The van der Waals surface area contributed by atoms with E-state index < -0.39 is 6.04 Å². The van der Waals surface area contributed by atoms with E-state index in [1.807, 2.05) is 42.5 Å². The number of ether oxygens (including phenoxy) is 2. The first-order chi connectivity index (χ1) is 13.5. The molecule has 0 fully saturated rings. The lowest BCUT2D eigenvalue weighted by Crippen LogP contribution is -2.39. The molecule has 0 aliphatic carbocycles. The number of methoxy groups -OCH3 is 2. The van der Waals surface area contributed by atoms with Crippen molar-refractivity contribution < 1.29 is 19.1 Å². The number of hydrogen-bond acceptors (Lipinski definition) is 5. The Morgan fingerprint density at radius 1 is 1.21 bits per heavy atom. The fourth-order valence-electron chi connectivity index (χ4n) is 3.26. The lowest BCUT2D eigenvalue weighted by atomic mass is 10.1. The van der Waals surface area contributed by atoms with E-state index in [0.29, 0.717) is 12.2 Å². The van der Waals surface area contributed by atoms with Gasteiger partial charge in [-0.1, -0.05) is 18.2 Å². The van der Waals surface area contributed by atoms with Gasteiger partial charge in [0.1, 0.15) is 11.8 Å². The van der Waals surface area contributed by atoms with Crippen LogP contribution in [0, 0.1) is 0 Å². The molecule has 1 aliphatic rings. The number of hydrogen-bond donors (Lipinski definition) is 2. The van der Waals surface area contributed by atoms with Crippen molar-refractivity contribution in [2.45, 2.75) is 18.9 Å². The van der Waals surface area contributed by atoms with Crippen LogP contribution >= 0.6 is 12.4 Å². The second-order valence-corrected chi connectivity index (χ2v) is 6.72. The summed E-state index contributed by atoms with van der Waals surface area (Å²) >= 11 is 0. The molecule has 0 bridgehead atoms. The summed E-state index contributed by atoms with van der Waals surface area (Å²) < 4.78 is 10.1. The van der Waals surface area contributed by atoms with Crippen LogP contribution in [-0.2, 0) is 27.2 Å². The van der Waals surface area contributed by atoms with Gasteiger partial charge < -0.3 is 25.4 Å². The molecule has 0 radical (unpaired) electrons. The third-order valence-electron chi connectivity index (χ3n) is 4.72. The second-order valence-electron chi connectivity index (χ2n) is 6.72. The maximum Gasteiger partial charge on any atom is 0.243 e. The summed E-state index contributed by atoms with van der Waals surface area (Å²) in [5.74, 6) is 0.408. The van der Waals surface area contributed by atoms with E-state index in [2.05, 4.69) is 5.32 Å². The van der Waals surface area contributed by atoms with Crippen LogP contribution in [0.15, 0.2) is 42.5 Å². The Morgan fingerprint density at radius 3 is 2.72 bits per heavy atom. The number of carbonyl (C=O) groups is 2. The van der Waals surface area contributed by atoms with Crippen LogP contribution in [0.2, 0.25) is 0 Å². The molecule has 0 spiro atoms. The van der Waals surface area contributed by atoms with Crippen molar-refractivity contribution in [1.82, 2.24) is 0 Å². The van der Waals surface area contributed by atoms with Gasteiger partial charge in [-0.25, -0.2) is 0 Å². The van der Waals surface area contributed by atoms with Gasteiger partial charge in [-0.05, 0) is 41.8 Å². The maximum absolute atomic E-state index is 12.9. The number of fused-ring (bicyclic) bond motifs is 1. The van der Waals surface area contributed by atoms with E-state index in [-0.39, 0.29) is 37.2 Å². The summed E-state index contributed by atoms with van der Waals surface area (Å²) in [5.41, 5.74) is 9.17. The Morgan fingerprint density at radius 2 is 2.00 bits per heavy atom.